The second-order valence-corrected chi connectivity index (χ2v) is 9.01. The molecule has 1 unspecified atom stereocenters. The summed E-state index contributed by atoms with van der Waals surface area (Å²) in [6.45, 7) is 10.4. The highest BCUT2D eigenvalue weighted by Crippen LogP contribution is 2.27. The maximum absolute atomic E-state index is 12.7. The zero-order chi connectivity index (χ0) is 22.5. The third-order valence-corrected chi connectivity index (χ3v) is 3.85. The Labute approximate surface area is 177 Å². The lowest BCUT2D eigenvalue weighted by atomic mass is 9.95. The molecule has 0 radical (unpaired) electrons. The lowest BCUT2D eigenvalue weighted by Crippen LogP contribution is -2.33. The van der Waals surface area contributed by atoms with Crippen LogP contribution in [0.15, 0.2) is 46.6 Å². The van der Waals surface area contributed by atoms with E-state index in [0.29, 0.717) is 0 Å². The Kier molecular flexibility index (Phi) is 7.18. The molecule has 0 fully saturated rings. The van der Waals surface area contributed by atoms with Crippen LogP contribution in [0, 0.1) is 5.92 Å². The number of carbonyl (C=O) groups excluding carboxylic acids is 3. The van der Waals surface area contributed by atoms with E-state index in [9.17, 15) is 14.4 Å². The van der Waals surface area contributed by atoms with E-state index < -0.39 is 35.0 Å². The average Bonchev–Trinajstić information content (AvgIpc) is 2.63. The van der Waals surface area contributed by atoms with Crippen molar-refractivity contribution < 1.29 is 28.6 Å². The van der Waals surface area contributed by atoms with Crippen LogP contribution in [-0.2, 0) is 35.2 Å². The lowest BCUT2D eigenvalue weighted by molar-refractivity contribution is -0.157. The lowest BCUT2D eigenvalue weighted by Gasteiger charge is -2.26. The Bertz CT molecular complexity index is 856. The Morgan fingerprint density at radius 1 is 0.933 bits per heavy atom. The molecule has 0 aromatic heterocycles. The van der Waals surface area contributed by atoms with Gasteiger partial charge in [-0.2, -0.15) is 0 Å². The number of hydrogen-bond donors (Lipinski definition) is 0. The van der Waals surface area contributed by atoms with Crippen LogP contribution in [0.3, 0.4) is 0 Å². The van der Waals surface area contributed by atoms with Crippen LogP contribution in [-0.4, -0.2) is 35.3 Å². The van der Waals surface area contributed by atoms with Crippen molar-refractivity contribution in [3.63, 3.8) is 0 Å². The first-order chi connectivity index (χ1) is 13.9. The summed E-state index contributed by atoms with van der Waals surface area (Å²) >= 11 is 0. The fourth-order valence-electron chi connectivity index (χ4n) is 2.62. The molecule has 0 amide bonds. The number of benzene rings is 1. The molecule has 0 spiro atoms. The first kappa shape index (κ1) is 23.3. The molecule has 1 atom stereocenters. The summed E-state index contributed by atoms with van der Waals surface area (Å²) in [5, 5.41) is 0. The van der Waals surface area contributed by atoms with Gasteiger partial charge < -0.3 is 14.2 Å². The van der Waals surface area contributed by atoms with Crippen LogP contribution < -0.4 is 0 Å². The summed E-state index contributed by atoms with van der Waals surface area (Å²) < 4.78 is 16.1. The van der Waals surface area contributed by atoms with Crippen LogP contribution in [0.25, 0.3) is 0 Å². The van der Waals surface area contributed by atoms with E-state index in [4.69, 9.17) is 14.2 Å². The largest absolute Gasteiger partial charge is 0.459 e. The van der Waals surface area contributed by atoms with E-state index in [-0.39, 0.29) is 24.3 Å². The number of ether oxygens (including phenoxy) is 3. The van der Waals surface area contributed by atoms with Crippen LogP contribution in [0.2, 0.25) is 0 Å². The SMILES string of the molecule is CC(C)(C)OC(=O)C1=C(C(=O)OCc2ccccc2)N=CC(C(=O)OC(C)(C)C)C1. The topological polar surface area (TPSA) is 91.3 Å². The molecule has 0 saturated carbocycles. The molecule has 30 heavy (non-hydrogen) atoms. The van der Waals surface area contributed by atoms with E-state index in [1.54, 1.807) is 41.5 Å². The molecule has 0 saturated heterocycles. The van der Waals surface area contributed by atoms with Crippen molar-refractivity contribution in [2.75, 3.05) is 0 Å². The zero-order valence-corrected chi connectivity index (χ0v) is 18.4. The molecule has 7 heteroatoms. The van der Waals surface area contributed by atoms with Crippen molar-refractivity contribution in [2.24, 2.45) is 10.9 Å². The Morgan fingerprint density at radius 2 is 1.53 bits per heavy atom. The molecule has 0 bridgehead atoms. The van der Waals surface area contributed by atoms with Gasteiger partial charge >= 0.3 is 17.9 Å². The fraction of sp³-hybridized carbons (Fsp3) is 0.478. The van der Waals surface area contributed by atoms with Crippen LogP contribution >= 0.6 is 0 Å². The first-order valence-electron chi connectivity index (χ1n) is 9.80. The summed E-state index contributed by atoms with van der Waals surface area (Å²) in [7, 11) is 0. The van der Waals surface area contributed by atoms with Gasteiger partial charge in [0.25, 0.3) is 0 Å². The number of esters is 3. The van der Waals surface area contributed by atoms with Crippen molar-refractivity contribution in [1.29, 1.82) is 0 Å². The molecule has 1 heterocycles. The summed E-state index contributed by atoms with van der Waals surface area (Å²) in [6.07, 6.45) is 1.27. The van der Waals surface area contributed by atoms with Gasteiger partial charge in [-0.1, -0.05) is 30.3 Å². The molecule has 1 aromatic carbocycles. The summed E-state index contributed by atoms with van der Waals surface area (Å²) in [4.78, 5) is 41.9. The molecule has 1 aliphatic heterocycles. The molecular weight excluding hydrogens is 386 g/mol. The molecule has 1 aromatic rings. The highest BCUT2D eigenvalue weighted by atomic mass is 16.6. The second kappa shape index (κ2) is 9.24. The van der Waals surface area contributed by atoms with Crippen LogP contribution in [0.1, 0.15) is 53.5 Å². The first-order valence-corrected chi connectivity index (χ1v) is 9.80. The molecule has 7 nitrogen and oxygen atoms in total. The summed E-state index contributed by atoms with van der Waals surface area (Å²) in [5.74, 6) is -2.78. The molecule has 0 N–H and O–H groups in total. The Balaban J connectivity index is 2.24. The minimum absolute atomic E-state index is 0.00125. The van der Waals surface area contributed by atoms with E-state index in [2.05, 4.69) is 4.99 Å². The van der Waals surface area contributed by atoms with Gasteiger partial charge in [-0.3, -0.25) is 9.79 Å². The number of aliphatic imine (C=N–C) groups is 1. The molecular formula is C23H29NO6. The van der Waals surface area contributed by atoms with E-state index >= 15 is 0 Å². The zero-order valence-electron chi connectivity index (χ0n) is 18.4. The molecule has 162 valence electrons. The maximum atomic E-state index is 12.7. The van der Waals surface area contributed by atoms with Crippen molar-refractivity contribution >= 4 is 24.1 Å². The third-order valence-electron chi connectivity index (χ3n) is 3.85. The van der Waals surface area contributed by atoms with Crippen molar-refractivity contribution in [2.45, 2.75) is 65.8 Å². The van der Waals surface area contributed by atoms with Crippen molar-refractivity contribution in [3.05, 3.63) is 47.2 Å². The predicted octanol–water partition coefficient (Wildman–Crippen LogP) is 3.76. The number of hydrogen-bond acceptors (Lipinski definition) is 7. The van der Waals surface area contributed by atoms with E-state index in [0.717, 1.165) is 5.56 Å². The average molecular weight is 415 g/mol. The standard InChI is InChI=1S/C23H29NO6/c1-22(2,3)29-19(25)16-12-17(20(26)30-23(4,5)6)18(24-13-16)21(27)28-14-15-10-8-7-9-11-15/h7-11,13,16H,12,14H2,1-6H3. The van der Waals surface area contributed by atoms with Gasteiger partial charge in [0, 0.05) is 12.6 Å². The van der Waals surface area contributed by atoms with Gasteiger partial charge in [-0.25, -0.2) is 9.59 Å². The Morgan fingerprint density at radius 3 is 2.10 bits per heavy atom. The van der Waals surface area contributed by atoms with E-state index in [1.807, 2.05) is 30.3 Å². The third kappa shape index (κ3) is 7.13. The molecule has 0 aliphatic carbocycles. The monoisotopic (exact) mass is 415 g/mol. The van der Waals surface area contributed by atoms with Gasteiger partial charge in [-0.05, 0) is 47.1 Å². The van der Waals surface area contributed by atoms with Gasteiger partial charge in [0.05, 0.1) is 11.5 Å². The summed E-state index contributed by atoms with van der Waals surface area (Å²) in [6, 6.07) is 9.16. The quantitative estimate of drug-likeness (QED) is 0.537. The second-order valence-electron chi connectivity index (χ2n) is 9.01. The normalized spacial score (nSPS) is 16.8. The van der Waals surface area contributed by atoms with Gasteiger partial charge in [0.1, 0.15) is 17.8 Å². The number of nitrogens with zero attached hydrogens (tertiary/aromatic N) is 1. The Hall–Kier alpha value is -2.96. The van der Waals surface area contributed by atoms with Crippen molar-refractivity contribution in [3.8, 4) is 0 Å². The van der Waals surface area contributed by atoms with Gasteiger partial charge in [0.2, 0.25) is 0 Å². The fourth-order valence-corrected chi connectivity index (χ4v) is 2.62. The number of carbonyl (C=O) groups is 3. The van der Waals surface area contributed by atoms with Gasteiger partial charge in [-0.15, -0.1) is 0 Å². The molecule has 1 aliphatic rings. The summed E-state index contributed by atoms with van der Waals surface area (Å²) in [5.41, 5.74) is -0.806. The highest BCUT2D eigenvalue weighted by molar-refractivity contribution is 6.05. The smallest absolute Gasteiger partial charge is 0.357 e. The predicted molar refractivity (Wildman–Crippen MR) is 112 cm³/mol. The van der Waals surface area contributed by atoms with Crippen LogP contribution in [0.5, 0.6) is 0 Å². The van der Waals surface area contributed by atoms with E-state index in [1.165, 1.54) is 6.21 Å². The molecule has 2 rings (SSSR count). The minimum Gasteiger partial charge on any atom is -0.459 e. The minimum atomic E-state index is -0.794. The maximum Gasteiger partial charge on any atom is 0.357 e. The highest BCUT2D eigenvalue weighted by Gasteiger charge is 2.35. The van der Waals surface area contributed by atoms with Gasteiger partial charge in [0.15, 0.2) is 5.70 Å². The number of rotatable bonds is 5. The van der Waals surface area contributed by atoms with Crippen LogP contribution in [0.4, 0.5) is 0 Å². The van der Waals surface area contributed by atoms with Crippen molar-refractivity contribution in [1.82, 2.24) is 0 Å².